The van der Waals surface area contributed by atoms with Crippen LogP contribution in [0.2, 0.25) is 0 Å². The fourth-order valence-electron chi connectivity index (χ4n) is 6.59. The monoisotopic (exact) mass is 617 g/mol. The van der Waals surface area contributed by atoms with Gasteiger partial charge in [0, 0.05) is 0 Å². The number of fused-ring (bicyclic) bond motifs is 7. The predicted octanol–water partition coefficient (Wildman–Crippen LogP) is 11.2. The minimum atomic E-state index is -0.139. The Hall–Kier alpha value is -4.62. The van der Waals surface area contributed by atoms with Crippen molar-refractivity contribution in [2.45, 2.75) is 19.3 Å². The van der Waals surface area contributed by atoms with Crippen molar-refractivity contribution in [3.63, 3.8) is 0 Å². The normalized spacial score (nSPS) is 12.0. The summed E-state index contributed by atoms with van der Waals surface area (Å²) in [5, 5.41) is 8.08. The number of nitrogens with zero attached hydrogens (tertiary/aromatic N) is 1. The molecule has 0 fully saturated rings. The van der Waals surface area contributed by atoms with Crippen LogP contribution in [0, 0.1) is 0 Å². The van der Waals surface area contributed by atoms with Crippen LogP contribution in [0.25, 0.3) is 40.8 Å². The van der Waals surface area contributed by atoms with Crippen molar-refractivity contribution in [2.24, 2.45) is 0 Å². The third-order valence-corrected chi connectivity index (χ3v) is 11.4. The van der Waals surface area contributed by atoms with Crippen molar-refractivity contribution >= 4 is 72.4 Å². The van der Waals surface area contributed by atoms with E-state index in [0.717, 1.165) is 5.69 Å². The van der Waals surface area contributed by atoms with Crippen molar-refractivity contribution in [1.82, 2.24) is 0 Å². The summed E-state index contributed by atoms with van der Waals surface area (Å²) in [7, 11) is 0. The van der Waals surface area contributed by atoms with Gasteiger partial charge in [0.25, 0.3) is 0 Å². The molecule has 2 heteroatoms. The fourth-order valence-corrected chi connectivity index (χ4v) is 9.24. The van der Waals surface area contributed by atoms with Gasteiger partial charge in [0.2, 0.25) is 0 Å². The van der Waals surface area contributed by atoms with Crippen LogP contribution < -0.4 is 4.90 Å². The van der Waals surface area contributed by atoms with Gasteiger partial charge in [-0.15, -0.1) is 0 Å². The second kappa shape index (κ2) is 10.3. The zero-order valence-electron chi connectivity index (χ0n) is 24.3. The third kappa shape index (κ3) is 4.29. The zero-order chi connectivity index (χ0) is 29.0. The van der Waals surface area contributed by atoms with Crippen LogP contribution in [0.4, 0.5) is 17.1 Å². The first-order valence-corrected chi connectivity index (χ1v) is 16.6. The molecule has 0 N–H and O–H groups in total. The molecule has 0 saturated carbocycles. The number of hydrogen-bond donors (Lipinski definition) is 0. The Labute approximate surface area is 258 Å². The van der Waals surface area contributed by atoms with Crippen LogP contribution >= 0.6 is 0 Å². The van der Waals surface area contributed by atoms with Gasteiger partial charge in [0.05, 0.1) is 0 Å². The molecule has 0 aliphatic carbocycles. The minimum absolute atomic E-state index is 0.139. The number of hydrogen-bond acceptors (Lipinski definition) is 1. The molecule has 206 valence electrons. The van der Waals surface area contributed by atoms with Gasteiger partial charge >= 0.3 is 253 Å². The molecule has 1 nitrogen and oxygen atoms in total. The molecule has 8 aromatic rings. The molecule has 0 unspecified atom stereocenters. The van der Waals surface area contributed by atoms with Crippen LogP contribution in [-0.2, 0) is 5.41 Å². The Balaban J connectivity index is 1.43. The van der Waals surface area contributed by atoms with Crippen molar-refractivity contribution in [3.05, 3.63) is 163 Å². The van der Waals surface area contributed by atoms with E-state index in [1.54, 1.807) is 0 Å². The van der Waals surface area contributed by atoms with Crippen LogP contribution in [0.15, 0.2) is 152 Å². The molecule has 0 radical (unpaired) electrons. The Kier molecular flexibility index (Phi) is 6.22. The first-order chi connectivity index (χ1) is 21.1. The van der Waals surface area contributed by atoms with E-state index < -0.39 is 0 Å². The molecule has 43 heavy (non-hydrogen) atoms. The van der Waals surface area contributed by atoms with E-state index in [9.17, 15) is 0 Å². The van der Waals surface area contributed by atoms with Gasteiger partial charge in [-0.3, -0.25) is 0 Å². The molecule has 0 bridgehead atoms. The summed E-state index contributed by atoms with van der Waals surface area (Å²) < 4.78 is 2.97. The molecule has 0 aliphatic heterocycles. The number of rotatable bonds is 5. The van der Waals surface area contributed by atoms with E-state index in [1.165, 1.54) is 63.3 Å². The van der Waals surface area contributed by atoms with Crippen molar-refractivity contribution in [2.75, 3.05) is 4.90 Å². The van der Waals surface area contributed by atoms with Gasteiger partial charge in [-0.1, -0.05) is 6.07 Å². The maximum absolute atomic E-state index is 2.46. The molecule has 8 rings (SSSR count). The summed E-state index contributed by atoms with van der Waals surface area (Å²) in [4.78, 5) is 2.46. The molecule has 7 aromatic carbocycles. The average molecular weight is 617 g/mol. The van der Waals surface area contributed by atoms with E-state index in [0.29, 0.717) is 0 Å². The first kappa shape index (κ1) is 26.0. The molecular weight excluding hydrogens is 585 g/mol. The molecule has 0 spiro atoms. The van der Waals surface area contributed by atoms with E-state index in [-0.39, 0.29) is 19.9 Å². The SMILES string of the molecule is CC(C)(c1ccccc1)c1cccc(N(c2ccccc2)c2cc3ccccc3c3c2ccc2c4ccccc4[se]c23)c1. The van der Waals surface area contributed by atoms with Crippen LogP contribution in [-0.4, -0.2) is 14.5 Å². The Morgan fingerprint density at radius 2 is 1.12 bits per heavy atom. The molecule has 0 amide bonds. The van der Waals surface area contributed by atoms with Crippen molar-refractivity contribution < 1.29 is 0 Å². The van der Waals surface area contributed by atoms with Crippen LogP contribution in [0.3, 0.4) is 0 Å². The van der Waals surface area contributed by atoms with Gasteiger partial charge in [0.15, 0.2) is 0 Å². The summed E-state index contributed by atoms with van der Waals surface area (Å²) in [5.74, 6) is 0. The standard InChI is InChI=1S/C41H31NSe/c1-41(2,29-15-5-3-6-16-29)30-17-13-20-32(27-30)42(31-18-7-4-8-19-31)37-26-28-14-9-10-21-33(28)39-36(37)25-24-35-34-22-11-12-23-38(34)43-40(35)39/h3-27H,1-2H3. The van der Waals surface area contributed by atoms with E-state index in [4.69, 9.17) is 0 Å². The molecule has 0 atom stereocenters. The number of benzene rings is 7. The quantitative estimate of drug-likeness (QED) is 0.137. The van der Waals surface area contributed by atoms with E-state index >= 15 is 0 Å². The molecule has 1 heterocycles. The predicted molar refractivity (Wildman–Crippen MR) is 187 cm³/mol. The third-order valence-electron chi connectivity index (χ3n) is 8.92. The van der Waals surface area contributed by atoms with Crippen molar-refractivity contribution in [1.29, 1.82) is 0 Å². The average Bonchev–Trinajstić information content (AvgIpc) is 3.45. The molecular formula is C41H31NSe. The summed E-state index contributed by atoms with van der Waals surface area (Å²) in [6, 6.07) is 55.8. The summed E-state index contributed by atoms with van der Waals surface area (Å²) in [6.07, 6.45) is 0. The Bertz CT molecular complexity index is 2260. The second-order valence-corrected chi connectivity index (χ2v) is 14.0. The van der Waals surface area contributed by atoms with Crippen LogP contribution in [0.1, 0.15) is 25.0 Å². The first-order valence-electron chi connectivity index (χ1n) is 14.9. The topological polar surface area (TPSA) is 3.24 Å². The maximum atomic E-state index is 2.46. The van der Waals surface area contributed by atoms with Gasteiger partial charge in [-0.2, -0.15) is 0 Å². The number of anilines is 3. The van der Waals surface area contributed by atoms with E-state index in [1.807, 2.05) is 0 Å². The summed E-state index contributed by atoms with van der Waals surface area (Å²) >= 11 is 0.254. The molecule has 0 aliphatic rings. The van der Waals surface area contributed by atoms with Gasteiger partial charge in [-0.05, 0) is 0 Å². The Morgan fingerprint density at radius 3 is 1.93 bits per heavy atom. The summed E-state index contributed by atoms with van der Waals surface area (Å²) in [6.45, 7) is 4.64. The summed E-state index contributed by atoms with van der Waals surface area (Å²) in [5.41, 5.74) is 6.00. The van der Waals surface area contributed by atoms with Crippen LogP contribution in [0.5, 0.6) is 0 Å². The zero-order valence-corrected chi connectivity index (χ0v) is 26.0. The fraction of sp³-hybridized carbons (Fsp3) is 0.0732. The van der Waals surface area contributed by atoms with E-state index in [2.05, 4.69) is 170 Å². The molecule has 1 aromatic heterocycles. The van der Waals surface area contributed by atoms with Gasteiger partial charge < -0.3 is 0 Å². The van der Waals surface area contributed by atoms with Crippen molar-refractivity contribution in [3.8, 4) is 0 Å². The number of para-hydroxylation sites is 1. The molecule has 0 saturated heterocycles. The second-order valence-electron chi connectivity index (χ2n) is 11.8. The van der Waals surface area contributed by atoms with Gasteiger partial charge in [0.1, 0.15) is 0 Å². The Morgan fingerprint density at radius 1 is 0.488 bits per heavy atom. The van der Waals surface area contributed by atoms with Gasteiger partial charge in [-0.25, -0.2) is 0 Å².